The Labute approximate surface area is 282 Å². The van der Waals surface area contributed by atoms with Crippen molar-refractivity contribution in [3.8, 4) is 33.9 Å². The van der Waals surface area contributed by atoms with Crippen molar-refractivity contribution in [3.05, 3.63) is 72.4 Å². The molecule has 0 aliphatic carbocycles. The summed E-state index contributed by atoms with van der Waals surface area (Å²) in [6.45, 7) is 13.3. The molecule has 11 nitrogen and oxygen atoms in total. The van der Waals surface area contributed by atoms with Crippen LogP contribution in [0.5, 0.6) is 0 Å². The highest BCUT2D eigenvalue weighted by Crippen LogP contribution is 2.37. The SMILES string of the molecule is CCN(Cc1cncc(-c2ccc3c(c2)c(-c2cnc(-c4ccncc4)n2COCC[Si](C)(C)C)nn3C2CCCCO2)c1C)C(=O)O. The molecule has 0 spiro atoms. The summed E-state index contributed by atoms with van der Waals surface area (Å²) < 4.78 is 16.7. The minimum atomic E-state index is -1.28. The Bertz CT molecular complexity index is 1880. The summed E-state index contributed by atoms with van der Waals surface area (Å²) in [5.74, 6) is 0.792. The molecule has 4 aromatic heterocycles. The average molecular weight is 668 g/mol. The molecule has 1 amide bonds. The minimum Gasteiger partial charge on any atom is -0.465 e. The van der Waals surface area contributed by atoms with E-state index >= 15 is 0 Å². The molecule has 12 heteroatoms. The first kappa shape index (κ1) is 33.5. The number of aromatic nitrogens is 6. The van der Waals surface area contributed by atoms with Gasteiger partial charge in [-0.25, -0.2) is 14.5 Å². The molecule has 5 heterocycles. The van der Waals surface area contributed by atoms with E-state index in [1.807, 2.05) is 43.1 Å². The second-order valence-electron chi connectivity index (χ2n) is 13.6. The highest BCUT2D eigenvalue weighted by atomic mass is 28.3. The van der Waals surface area contributed by atoms with Crippen LogP contribution in [0.15, 0.2) is 61.3 Å². The number of fused-ring (bicyclic) bond motifs is 1. The lowest BCUT2D eigenvalue weighted by Crippen LogP contribution is -2.28. The number of hydrogen-bond donors (Lipinski definition) is 1. The number of amides is 1. The van der Waals surface area contributed by atoms with Gasteiger partial charge in [-0.2, -0.15) is 5.10 Å². The van der Waals surface area contributed by atoms with Crippen molar-refractivity contribution >= 4 is 25.1 Å². The van der Waals surface area contributed by atoms with E-state index in [4.69, 9.17) is 19.6 Å². The predicted molar refractivity (Wildman–Crippen MR) is 189 cm³/mol. The van der Waals surface area contributed by atoms with E-state index in [0.29, 0.717) is 26.5 Å². The zero-order chi connectivity index (χ0) is 33.8. The van der Waals surface area contributed by atoms with Crippen LogP contribution in [0, 0.1) is 6.92 Å². The summed E-state index contributed by atoms with van der Waals surface area (Å²) in [7, 11) is -1.28. The van der Waals surface area contributed by atoms with Gasteiger partial charge in [-0.15, -0.1) is 0 Å². The van der Waals surface area contributed by atoms with Crippen molar-refractivity contribution in [2.45, 2.75) is 78.3 Å². The van der Waals surface area contributed by atoms with E-state index in [2.05, 4.69) is 52.4 Å². The Morgan fingerprint density at radius 2 is 1.90 bits per heavy atom. The number of nitrogens with zero attached hydrogens (tertiary/aromatic N) is 7. The maximum absolute atomic E-state index is 11.8. The molecule has 0 saturated carbocycles. The van der Waals surface area contributed by atoms with E-state index in [0.717, 1.165) is 81.2 Å². The van der Waals surface area contributed by atoms with Gasteiger partial charge in [0, 0.05) is 69.1 Å². The van der Waals surface area contributed by atoms with E-state index in [9.17, 15) is 9.90 Å². The number of carbonyl (C=O) groups is 1. The first-order valence-electron chi connectivity index (χ1n) is 16.7. The molecule has 48 heavy (non-hydrogen) atoms. The Balaban J connectivity index is 1.48. The van der Waals surface area contributed by atoms with Crippen LogP contribution in [0.2, 0.25) is 25.7 Å². The molecule has 1 aliphatic heterocycles. The van der Waals surface area contributed by atoms with Crippen LogP contribution in [0.1, 0.15) is 43.5 Å². The van der Waals surface area contributed by atoms with Gasteiger partial charge in [-0.3, -0.25) is 14.5 Å². The largest absolute Gasteiger partial charge is 0.465 e. The molecular weight excluding hydrogens is 623 g/mol. The molecule has 0 radical (unpaired) electrons. The number of hydrogen-bond acceptors (Lipinski definition) is 7. The Hall–Kier alpha value is -4.39. The third kappa shape index (κ3) is 7.20. The van der Waals surface area contributed by atoms with Crippen molar-refractivity contribution in [2.75, 3.05) is 19.8 Å². The zero-order valence-electron chi connectivity index (χ0n) is 28.5. The fraction of sp³-hybridized carbons (Fsp3) is 0.417. The van der Waals surface area contributed by atoms with Crippen LogP contribution in [0.25, 0.3) is 44.8 Å². The number of ether oxygens (including phenoxy) is 2. The van der Waals surface area contributed by atoms with Crippen LogP contribution >= 0.6 is 0 Å². The summed E-state index contributed by atoms with van der Waals surface area (Å²) in [6.07, 6.45) is 11.0. The molecule has 1 atom stereocenters. The predicted octanol–water partition coefficient (Wildman–Crippen LogP) is 7.84. The smallest absolute Gasteiger partial charge is 0.407 e. The monoisotopic (exact) mass is 667 g/mol. The van der Waals surface area contributed by atoms with Crippen molar-refractivity contribution in [2.24, 2.45) is 0 Å². The Kier molecular flexibility index (Phi) is 10.0. The maximum atomic E-state index is 11.8. The lowest BCUT2D eigenvalue weighted by Gasteiger charge is -2.23. The van der Waals surface area contributed by atoms with Gasteiger partial charge in [0.15, 0.2) is 6.23 Å². The molecule has 1 unspecified atom stereocenters. The number of carboxylic acid groups (broad SMARTS) is 1. The van der Waals surface area contributed by atoms with Crippen molar-refractivity contribution < 1.29 is 19.4 Å². The second kappa shape index (κ2) is 14.4. The third-order valence-electron chi connectivity index (χ3n) is 9.03. The highest BCUT2D eigenvalue weighted by Gasteiger charge is 2.25. The van der Waals surface area contributed by atoms with Crippen LogP contribution in [0.3, 0.4) is 0 Å². The van der Waals surface area contributed by atoms with Crippen LogP contribution in [-0.2, 0) is 22.7 Å². The summed E-state index contributed by atoms with van der Waals surface area (Å²) in [6, 6.07) is 11.3. The van der Waals surface area contributed by atoms with Crippen molar-refractivity contribution in [1.82, 2.24) is 34.2 Å². The minimum absolute atomic E-state index is 0.160. The molecule has 6 rings (SSSR count). The fourth-order valence-corrected chi connectivity index (χ4v) is 6.89. The average Bonchev–Trinajstić information content (AvgIpc) is 3.67. The van der Waals surface area contributed by atoms with Crippen LogP contribution < -0.4 is 0 Å². The van der Waals surface area contributed by atoms with E-state index in [-0.39, 0.29) is 12.8 Å². The van der Waals surface area contributed by atoms with Crippen LogP contribution in [-0.4, -0.2) is 73.2 Å². The van der Waals surface area contributed by atoms with Crippen LogP contribution in [0.4, 0.5) is 4.79 Å². The summed E-state index contributed by atoms with van der Waals surface area (Å²) >= 11 is 0. The molecule has 1 aliphatic rings. The first-order chi connectivity index (χ1) is 23.1. The second-order valence-corrected chi connectivity index (χ2v) is 19.2. The van der Waals surface area contributed by atoms with Crippen molar-refractivity contribution in [3.63, 3.8) is 0 Å². The number of pyridine rings is 2. The molecular formula is C36H45N7O4Si. The molecule has 252 valence electrons. The third-order valence-corrected chi connectivity index (χ3v) is 10.7. The quantitative estimate of drug-likeness (QED) is 0.106. The maximum Gasteiger partial charge on any atom is 0.407 e. The normalized spacial score (nSPS) is 15.2. The van der Waals surface area contributed by atoms with Gasteiger partial charge in [0.2, 0.25) is 0 Å². The summed E-state index contributed by atoms with van der Waals surface area (Å²) in [4.78, 5) is 26.8. The molecule has 1 N–H and O–H groups in total. The topological polar surface area (TPSA) is 120 Å². The fourth-order valence-electron chi connectivity index (χ4n) is 6.13. The Morgan fingerprint density at radius 3 is 2.60 bits per heavy atom. The van der Waals surface area contributed by atoms with E-state index in [1.165, 1.54) is 4.90 Å². The summed E-state index contributed by atoms with van der Waals surface area (Å²) in [5, 5.41) is 15.9. The number of rotatable bonds is 12. The lowest BCUT2D eigenvalue weighted by atomic mass is 9.97. The van der Waals surface area contributed by atoms with Gasteiger partial charge < -0.3 is 19.5 Å². The van der Waals surface area contributed by atoms with Gasteiger partial charge in [-0.1, -0.05) is 25.7 Å². The zero-order valence-corrected chi connectivity index (χ0v) is 29.5. The van der Waals surface area contributed by atoms with Gasteiger partial charge in [0.25, 0.3) is 0 Å². The highest BCUT2D eigenvalue weighted by molar-refractivity contribution is 6.76. The molecule has 1 saturated heterocycles. The lowest BCUT2D eigenvalue weighted by molar-refractivity contribution is -0.0365. The van der Waals surface area contributed by atoms with Gasteiger partial charge in [0.05, 0.1) is 24.0 Å². The standard InChI is InChI=1S/C36H45N7O4Si/c1-6-41(36(44)45)23-28-20-38-21-30(25(28)2)27-10-11-31-29(19-27)34(40-43(31)33-9-7-8-16-47-33)32-22-39-35(26-12-14-37-15-13-26)42(32)24-46-17-18-48(3,4)5/h10-15,19-22,33H,6-9,16-18,23-24H2,1-5H3,(H,44,45). The molecule has 0 bridgehead atoms. The molecule has 1 fully saturated rings. The van der Waals surface area contributed by atoms with Crippen molar-refractivity contribution in [1.29, 1.82) is 0 Å². The van der Waals surface area contributed by atoms with Gasteiger partial charge in [-0.05, 0) is 80.1 Å². The molecule has 5 aromatic rings. The van der Waals surface area contributed by atoms with E-state index < -0.39 is 14.2 Å². The number of imidazole rings is 1. The number of benzene rings is 1. The van der Waals surface area contributed by atoms with Gasteiger partial charge >= 0.3 is 6.09 Å². The first-order valence-corrected chi connectivity index (χ1v) is 20.4. The summed E-state index contributed by atoms with van der Waals surface area (Å²) in [5.41, 5.74) is 7.37. The Morgan fingerprint density at radius 1 is 1.08 bits per heavy atom. The molecule has 1 aromatic carbocycles. The van der Waals surface area contributed by atoms with E-state index in [1.54, 1.807) is 18.6 Å². The van der Waals surface area contributed by atoms with Gasteiger partial charge in [0.1, 0.15) is 18.2 Å².